The van der Waals surface area contributed by atoms with Gasteiger partial charge in [-0.05, 0) is 17.7 Å². The second-order valence-corrected chi connectivity index (χ2v) is 5.05. The zero-order chi connectivity index (χ0) is 11.5. The fourth-order valence-electron chi connectivity index (χ4n) is 1.24. The first-order chi connectivity index (χ1) is 7.07. The molecule has 0 fully saturated rings. The van der Waals surface area contributed by atoms with Gasteiger partial charge in [0.2, 0.25) is 0 Å². The van der Waals surface area contributed by atoms with Crippen LogP contribution in [0.2, 0.25) is 0 Å². The van der Waals surface area contributed by atoms with Crippen molar-refractivity contribution in [2.75, 3.05) is 14.2 Å². The molecule has 0 spiro atoms. The summed E-state index contributed by atoms with van der Waals surface area (Å²) in [5.41, 5.74) is 6.00. The summed E-state index contributed by atoms with van der Waals surface area (Å²) in [6.45, 7) is 0.145. The van der Waals surface area contributed by atoms with Crippen molar-refractivity contribution in [1.82, 2.24) is 0 Å². The van der Waals surface area contributed by atoms with Crippen molar-refractivity contribution in [3.05, 3.63) is 29.6 Å². The second kappa shape index (κ2) is 4.86. The highest BCUT2D eigenvalue weighted by Crippen LogP contribution is 2.46. The largest absolute Gasteiger partial charge is 0.361 e. The van der Waals surface area contributed by atoms with E-state index in [1.54, 1.807) is 0 Å². The maximum absolute atomic E-state index is 13.0. The molecule has 2 N–H and O–H groups in total. The molecule has 4 nitrogen and oxygen atoms in total. The van der Waals surface area contributed by atoms with Gasteiger partial charge in [-0.3, -0.25) is 4.57 Å². The van der Waals surface area contributed by atoms with E-state index in [0.29, 0.717) is 5.56 Å². The molecule has 0 unspecified atom stereocenters. The number of rotatable bonds is 4. The molecule has 0 atom stereocenters. The number of hydrogen-bond acceptors (Lipinski definition) is 4. The molecule has 0 amide bonds. The van der Waals surface area contributed by atoms with Crippen molar-refractivity contribution in [3.8, 4) is 0 Å². The van der Waals surface area contributed by atoms with E-state index in [4.69, 9.17) is 14.8 Å². The monoisotopic (exact) mass is 233 g/mol. The Balaban J connectivity index is 3.33. The van der Waals surface area contributed by atoms with E-state index in [2.05, 4.69) is 0 Å². The Labute approximate surface area is 87.7 Å². The van der Waals surface area contributed by atoms with Gasteiger partial charge in [-0.25, -0.2) is 4.39 Å². The van der Waals surface area contributed by atoms with E-state index in [9.17, 15) is 8.96 Å². The van der Waals surface area contributed by atoms with Gasteiger partial charge in [0.1, 0.15) is 5.82 Å². The van der Waals surface area contributed by atoms with Crippen molar-refractivity contribution in [2.24, 2.45) is 5.73 Å². The molecule has 84 valence electrons. The normalized spacial score (nSPS) is 11.7. The van der Waals surface area contributed by atoms with Crippen LogP contribution in [0.4, 0.5) is 4.39 Å². The molecule has 1 aromatic carbocycles. The number of benzene rings is 1. The third-order valence-corrected chi connectivity index (χ3v) is 4.01. The lowest BCUT2D eigenvalue weighted by Gasteiger charge is -2.16. The number of hydrogen-bond donors (Lipinski definition) is 1. The Kier molecular flexibility index (Phi) is 3.99. The summed E-state index contributed by atoms with van der Waals surface area (Å²) in [6.07, 6.45) is 0. The van der Waals surface area contributed by atoms with Gasteiger partial charge in [0.05, 0.1) is 5.30 Å². The van der Waals surface area contributed by atoms with E-state index in [1.807, 2.05) is 0 Å². The summed E-state index contributed by atoms with van der Waals surface area (Å²) < 4.78 is 34.6. The summed E-state index contributed by atoms with van der Waals surface area (Å²) >= 11 is 0. The summed E-state index contributed by atoms with van der Waals surface area (Å²) in [5, 5.41) is 0.176. The molecule has 0 aliphatic heterocycles. The lowest BCUT2D eigenvalue weighted by molar-refractivity contribution is 0.287. The maximum atomic E-state index is 13.0. The zero-order valence-electron chi connectivity index (χ0n) is 8.57. The molecule has 0 bridgehead atoms. The average molecular weight is 233 g/mol. The number of nitrogens with two attached hydrogens (primary N) is 1. The van der Waals surface area contributed by atoms with Gasteiger partial charge < -0.3 is 14.8 Å². The Hall–Kier alpha value is -0.740. The predicted octanol–water partition coefficient (Wildman–Crippen LogP) is 1.40. The van der Waals surface area contributed by atoms with Crippen LogP contribution in [0.25, 0.3) is 0 Å². The van der Waals surface area contributed by atoms with E-state index in [1.165, 1.54) is 26.4 Å². The van der Waals surface area contributed by atoms with Crippen molar-refractivity contribution in [3.63, 3.8) is 0 Å². The molecule has 0 saturated heterocycles. The van der Waals surface area contributed by atoms with Gasteiger partial charge in [-0.1, -0.05) is 6.07 Å². The van der Waals surface area contributed by atoms with Gasteiger partial charge >= 0.3 is 7.60 Å². The van der Waals surface area contributed by atoms with Crippen molar-refractivity contribution in [1.29, 1.82) is 0 Å². The van der Waals surface area contributed by atoms with Crippen LogP contribution in [0.5, 0.6) is 0 Å². The standard InChI is InChI=1S/C9H13FNO3P/c1-13-15(12,14-2)9-5-8(10)4-3-7(9)6-11/h3-5H,6,11H2,1-2H3. The third-order valence-electron chi connectivity index (χ3n) is 2.04. The summed E-state index contributed by atoms with van der Waals surface area (Å²) in [7, 11) is -0.944. The van der Waals surface area contributed by atoms with Gasteiger partial charge in [0.15, 0.2) is 0 Å². The quantitative estimate of drug-likeness (QED) is 0.798. The van der Waals surface area contributed by atoms with Crippen LogP contribution in [-0.4, -0.2) is 14.2 Å². The van der Waals surface area contributed by atoms with Crippen LogP contribution in [0.15, 0.2) is 18.2 Å². The molecule has 1 aromatic rings. The first-order valence-corrected chi connectivity index (χ1v) is 5.82. The molecule has 0 aliphatic carbocycles. The van der Waals surface area contributed by atoms with E-state index in [-0.39, 0.29) is 11.8 Å². The fourth-order valence-corrected chi connectivity index (χ4v) is 2.58. The first-order valence-electron chi connectivity index (χ1n) is 4.28. The van der Waals surface area contributed by atoms with Gasteiger partial charge in [0.25, 0.3) is 0 Å². The van der Waals surface area contributed by atoms with E-state index in [0.717, 1.165) is 6.07 Å². The molecule has 0 aromatic heterocycles. The van der Waals surface area contributed by atoms with Crippen LogP contribution in [0, 0.1) is 5.82 Å². The lowest BCUT2D eigenvalue weighted by atomic mass is 10.2. The number of halogens is 1. The summed E-state index contributed by atoms with van der Waals surface area (Å²) in [4.78, 5) is 0. The van der Waals surface area contributed by atoms with Crippen LogP contribution < -0.4 is 11.0 Å². The highest BCUT2D eigenvalue weighted by Gasteiger charge is 2.27. The topological polar surface area (TPSA) is 61.5 Å². The Morgan fingerprint density at radius 1 is 1.40 bits per heavy atom. The van der Waals surface area contributed by atoms with E-state index >= 15 is 0 Å². The van der Waals surface area contributed by atoms with Crippen molar-refractivity contribution in [2.45, 2.75) is 6.54 Å². The predicted molar refractivity (Wildman–Crippen MR) is 55.5 cm³/mol. The van der Waals surface area contributed by atoms with Crippen LogP contribution in [-0.2, 0) is 20.2 Å². The Bertz CT molecular complexity index is 389. The van der Waals surface area contributed by atoms with Crippen molar-refractivity contribution >= 4 is 12.9 Å². The van der Waals surface area contributed by atoms with Crippen molar-refractivity contribution < 1.29 is 18.0 Å². The highest BCUT2D eigenvalue weighted by molar-refractivity contribution is 7.62. The molecule has 6 heteroatoms. The zero-order valence-corrected chi connectivity index (χ0v) is 9.46. The minimum atomic E-state index is -3.43. The van der Waals surface area contributed by atoms with Gasteiger partial charge in [0, 0.05) is 20.8 Å². The van der Waals surface area contributed by atoms with Crippen LogP contribution in [0.3, 0.4) is 0 Å². The SMILES string of the molecule is COP(=O)(OC)c1cc(F)ccc1CN. The molecule has 0 radical (unpaired) electrons. The first kappa shape index (κ1) is 12.3. The smallest absolute Gasteiger partial charge is 0.326 e. The van der Waals surface area contributed by atoms with Crippen LogP contribution >= 0.6 is 7.60 Å². The fraction of sp³-hybridized carbons (Fsp3) is 0.333. The highest BCUT2D eigenvalue weighted by atomic mass is 31.2. The van der Waals surface area contributed by atoms with Gasteiger partial charge in [-0.15, -0.1) is 0 Å². The molecule has 15 heavy (non-hydrogen) atoms. The van der Waals surface area contributed by atoms with E-state index < -0.39 is 13.4 Å². The van der Waals surface area contributed by atoms with Crippen LogP contribution in [0.1, 0.15) is 5.56 Å². The third kappa shape index (κ3) is 2.44. The molecule has 0 heterocycles. The molecular formula is C9H13FNO3P. The molecule has 1 rings (SSSR count). The Morgan fingerprint density at radius 3 is 2.47 bits per heavy atom. The molecule has 0 aliphatic rings. The maximum Gasteiger partial charge on any atom is 0.361 e. The summed E-state index contributed by atoms with van der Waals surface area (Å²) in [6, 6.07) is 3.84. The average Bonchev–Trinajstić information content (AvgIpc) is 2.28. The molecular weight excluding hydrogens is 220 g/mol. The Morgan fingerprint density at radius 2 is 2.00 bits per heavy atom. The minimum absolute atomic E-state index is 0.145. The molecule has 0 saturated carbocycles. The minimum Gasteiger partial charge on any atom is -0.326 e. The summed E-state index contributed by atoms with van der Waals surface area (Å²) in [5.74, 6) is -0.503. The van der Waals surface area contributed by atoms with Gasteiger partial charge in [-0.2, -0.15) is 0 Å². The second-order valence-electron chi connectivity index (χ2n) is 2.84. The lowest BCUT2D eigenvalue weighted by Crippen LogP contribution is -2.17.